The van der Waals surface area contributed by atoms with E-state index in [-0.39, 0.29) is 11.7 Å². The summed E-state index contributed by atoms with van der Waals surface area (Å²) in [5, 5.41) is 7.88. The molecule has 214 valence electrons. The van der Waals surface area contributed by atoms with Crippen LogP contribution in [0, 0.1) is 12.7 Å². The molecule has 0 saturated carbocycles. The molecule has 7 rings (SSSR count). The minimum atomic E-state index is -0.302. The third-order valence-electron chi connectivity index (χ3n) is 8.08. The van der Waals surface area contributed by atoms with Gasteiger partial charge in [-0.2, -0.15) is 5.10 Å². The van der Waals surface area contributed by atoms with Gasteiger partial charge in [0.2, 0.25) is 0 Å². The molecule has 0 N–H and O–H groups in total. The predicted molar refractivity (Wildman–Crippen MR) is 167 cm³/mol. The van der Waals surface area contributed by atoms with E-state index in [4.69, 9.17) is 15.1 Å². The molecule has 4 aromatic carbocycles. The van der Waals surface area contributed by atoms with Crippen molar-refractivity contribution in [2.75, 3.05) is 31.1 Å². The van der Waals surface area contributed by atoms with Gasteiger partial charge in [0.05, 0.1) is 16.8 Å². The van der Waals surface area contributed by atoms with Gasteiger partial charge in [-0.3, -0.25) is 4.79 Å². The van der Waals surface area contributed by atoms with Crippen molar-refractivity contribution in [1.29, 1.82) is 0 Å². The molecule has 0 radical (unpaired) electrons. The predicted octanol–water partition coefficient (Wildman–Crippen LogP) is 6.36. The number of nitrogens with zero attached hydrogens (tertiary/aromatic N) is 6. The molecule has 6 aromatic rings. The van der Waals surface area contributed by atoms with Crippen LogP contribution in [0.25, 0.3) is 27.5 Å². The van der Waals surface area contributed by atoms with Gasteiger partial charge < -0.3 is 9.80 Å². The fourth-order valence-electron chi connectivity index (χ4n) is 5.89. The highest BCUT2D eigenvalue weighted by molar-refractivity contribution is 5.98. The largest absolute Gasteiger partial charge is 0.354 e. The average Bonchev–Trinajstić information content (AvgIpc) is 3.20. The lowest BCUT2D eigenvalue weighted by Gasteiger charge is -2.24. The Balaban J connectivity index is 1.23. The van der Waals surface area contributed by atoms with Crippen molar-refractivity contribution < 1.29 is 9.18 Å². The minimum Gasteiger partial charge on any atom is -0.354 e. The van der Waals surface area contributed by atoms with Crippen molar-refractivity contribution in [3.05, 3.63) is 126 Å². The number of halogens is 1. The monoisotopic (exact) mass is 570 g/mol. The van der Waals surface area contributed by atoms with E-state index >= 15 is 0 Å². The Morgan fingerprint density at radius 1 is 0.814 bits per heavy atom. The second-order valence-corrected chi connectivity index (χ2v) is 11.0. The number of hydrogen-bond donors (Lipinski definition) is 0. The summed E-state index contributed by atoms with van der Waals surface area (Å²) >= 11 is 0. The summed E-state index contributed by atoms with van der Waals surface area (Å²) in [5.41, 5.74) is 4.04. The van der Waals surface area contributed by atoms with E-state index in [0.717, 1.165) is 51.9 Å². The number of anilines is 1. The third-order valence-corrected chi connectivity index (χ3v) is 8.08. The quantitative estimate of drug-likeness (QED) is 0.241. The van der Waals surface area contributed by atoms with Crippen molar-refractivity contribution in [2.45, 2.75) is 19.8 Å². The molecule has 0 spiro atoms. The average molecular weight is 571 g/mol. The Kier molecular flexibility index (Phi) is 7.02. The number of rotatable bonds is 5. The third kappa shape index (κ3) is 5.32. The van der Waals surface area contributed by atoms with Crippen LogP contribution in [0.15, 0.2) is 97.1 Å². The van der Waals surface area contributed by atoms with Crippen LogP contribution in [0.5, 0.6) is 0 Å². The standard InChI is InChI=1S/C35H31FN6O/c1-24-32-33(40-18-7-19-41(21-20-40)35(43)28-13-12-26-10-5-6-11-27(26)23-28)37-31(22-25-8-3-2-4-9-25)38-34(32)42(39-24)30-16-14-29(36)15-17-30/h2-6,8-17,23H,7,18-22H2,1H3. The zero-order valence-electron chi connectivity index (χ0n) is 23.9. The maximum absolute atomic E-state index is 13.7. The Morgan fingerprint density at radius 2 is 1.58 bits per heavy atom. The first kappa shape index (κ1) is 26.8. The summed E-state index contributed by atoms with van der Waals surface area (Å²) in [6, 6.07) is 30.5. The molecule has 0 atom stereocenters. The Labute approximate surface area is 249 Å². The van der Waals surface area contributed by atoms with Crippen molar-refractivity contribution in [3.63, 3.8) is 0 Å². The number of aryl methyl sites for hydroxylation is 1. The van der Waals surface area contributed by atoms with Crippen LogP contribution in [0.3, 0.4) is 0 Å². The molecule has 7 nitrogen and oxygen atoms in total. The lowest BCUT2D eigenvalue weighted by molar-refractivity contribution is 0.0767. The first-order valence-electron chi connectivity index (χ1n) is 14.6. The van der Waals surface area contributed by atoms with E-state index in [1.54, 1.807) is 16.8 Å². The first-order chi connectivity index (χ1) is 21.0. The zero-order valence-corrected chi connectivity index (χ0v) is 23.9. The van der Waals surface area contributed by atoms with E-state index in [2.05, 4.69) is 23.1 Å². The van der Waals surface area contributed by atoms with Crippen LogP contribution in [-0.2, 0) is 6.42 Å². The normalized spacial score (nSPS) is 13.9. The Hall–Kier alpha value is -5.11. The molecule has 1 aliphatic rings. The van der Waals surface area contributed by atoms with E-state index in [9.17, 15) is 9.18 Å². The summed E-state index contributed by atoms with van der Waals surface area (Å²) in [5.74, 6) is 1.25. The van der Waals surface area contributed by atoms with Gasteiger partial charge in [0.15, 0.2) is 5.65 Å². The number of aromatic nitrogens is 4. The summed E-state index contributed by atoms with van der Waals surface area (Å²) in [7, 11) is 0. The summed E-state index contributed by atoms with van der Waals surface area (Å²) in [4.78, 5) is 27.9. The fourth-order valence-corrected chi connectivity index (χ4v) is 5.89. The fraction of sp³-hybridized carbons (Fsp3) is 0.200. The van der Waals surface area contributed by atoms with Gasteiger partial charge in [-0.05, 0) is 66.1 Å². The van der Waals surface area contributed by atoms with Gasteiger partial charge in [0.25, 0.3) is 5.91 Å². The maximum atomic E-state index is 13.7. The second-order valence-electron chi connectivity index (χ2n) is 11.0. The Morgan fingerprint density at radius 3 is 2.40 bits per heavy atom. The second kappa shape index (κ2) is 11.3. The number of carbonyl (C=O) groups excluding carboxylic acids is 1. The van der Waals surface area contributed by atoms with Crippen LogP contribution in [0.2, 0.25) is 0 Å². The number of fused-ring (bicyclic) bond motifs is 2. The van der Waals surface area contributed by atoms with Crippen molar-refractivity contribution in [1.82, 2.24) is 24.6 Å². The Bertz CT molecular complexity index is 1940. The van der Waals surface area contributed by atoms with Gasteiger partial charge in [-0.15, -0.1) is 0 Å². The van der Waals surface area contributed by atoms with Crippen molar-refractivity contribution >= 4 is 33.5 Å². The smallest absolute Gasteiger partial charge is 0.253 e. The van der Waals surface area contributed by atoms with Crippen molar-refractivity contribution in [3.8, 4) is 5.69 Å². The van der Waals surface area contributed by atoms with E-state index in [1.165, 1.54) is 12.1 Å². The maximum Gasteiger partial charge on any atom is 0.253 e. The number of carbonyl (C=O) groups is 1. The molecule has 1 aliphatic heterocycles. The van der Waals surface area contributed by atoms with E-state index < -0.39 is 0 Å². The molecule has 8 heteroatoms. The SMILES string of the molecule is Cc1nn(-c2ccc(F)cc2)c2nc(Cc3ccccc3)nc(N3CCCN(C(=O)c4ccc5ccccc5c4)CC3)c12. The summed E-state index contributed by atoms with van der Waals surface area (Å²) in [6.07, 6.45) is 1.38. The van der Waals surface area contributed by atoms with Crippen LogP contribution >= 0.6 is 0 Å². The molecular weight excluding hydrogens is 539 g/mol. The highest BCUT2D eigenvalue weighted by Crippen LogP contribution is 2.30. The van der Waals surface area contributed by atoms with Crippen molar-refractivity contribution in [2.24, 2.45) is 0 Å². The highest BCUT2D eigenvalue weighted by Gasteiger charge is 2.26. The first-order valence-corrected chi connectivity index (χ1v) is 14.6. The van der Waals surface area contributed by atoms with Crippen LogP contribution in [-0.4, -0.2) is 56.7 Å². The molecule has 3 heterocycles. The number of benzene rings is 4. The minimum absolute atomic E-state index is 0.0468. The molecule has 1 fully saturated rings. The van der Waals surface area contributed by atoms with E-state index in [1.807, 2.05) is 66.4 Å². The summed E-state index contributed by atoms with van der Waals surface area (Å²) in [6.45, 7) is 4.59. The molecular formula is C35H31FN6O. The summed E-state index contributed by atoms with van der Waals surface area (Å²) < 4.78 is 15.5. The van der Waals surface area contributed by atoms with Gasteiger partial charge in [-0.25, -0.2) is 19.0 Å². The molecule has 0 unspecified atom stereocenters. The van der Waals surface area contributed by atoms with Crippen LogP contribution < -0.4 is 4.90 Å². The lowest BCUT2D eigenvalue weighted by Crippen LogP contribution is -2.35. The number of hydrogen-bond acceptors (Lipinski definition) is 5. The molecule has 2 aromatic heterocycles. The zero-order chi connectivity index (χ0) is 29.3. The van der Waals surface area contributed by atoms with Crippen LogP contribution in [0.1, 0.15) is 33.9 Å². The molecule has 0 aliphatic carbocycles. The van der Waals surface area contributed by atoms with Gasteiger partial charge >= 0.3 is 0 Å². The van der Waals surface area contributed by atoms with E-state index in [0.29, 0.717) is 43.1 Å². The van der Waals surface area contributed by atoms with Gasteiger partial charge in [0.1, 0.15) is 17.5 Å². The lowest BCUT2D eigenvalue weighted by atomic mass is 10.1. The molecule has 1 amide bonds. The number of amides is 1. The molecule has 1 saturated heterocycles. The topological polar surface area (TPSA) is 67.2 Å². The highest BCUT2D eigenvalue weighted by atomic mass is 19.1. The molecule has 0 bridgehead atoms. The van der Waals surface area contributed by atoms with Gasteiger partial charge in [-0.1, -0.05) is 60.7 Å². The van der Waals surface area contributed by atoms with Gasteiger partial charge in [0, 0.05) is 38.2 Å². The van der Waals surface area contributed by atoms with Crippen LogP contribution in [0.4, 0.5) is 10.2 Å². The molecule has 43 heavy (non-hydrogen) atoms.